The number of aromatic amines is 2. The van der Waals surface area contributed by atoms with Gasteiger partial charge in [-0.2, -0.15) is 10.2 Å². The number of fused-ring (bicyclic) bond motifs is 2. The number of hydrogen-bond acceptors (Lipinski definition) is 3. The Bertz CT molecular complexity index is 1670. The van der Waals surface area contributed by atoms with Crippen LogP contribution < -0.4 is 0 Å². The normalized spacial score (nSPS) is 11.5. The highest BCUT2D eigenvalue weighted by molar-refractivity contribution is 5.87. The van der Waals surface area contributed by atoms with Crippen molar-refractivity contribution in [2.24, 2.45) is 0 Å². The lowest BCUT2D eigenvalue weighted by Crippen LogP contribution is -2.10. The van der Waals surface area contributed by atoms with Crippen molar-refractivity contribution in [2.45, 2.75) is 40.0 Å². The summed E-state index contributed by atoms with van der Waals surface area (Å²) in [6.45, 7) is 10.8. The van der Waals surface area contributed by atoms with Crippen LogP contribution in [-0.4, -0.2) is 25.5 Å². The van der Waals surface area contributed by atoms with Gasteiger partial charge in [-0.25, -0.2) is 0 Å². The number of phenols is 1. The van der Waals surface area contributed by atoms with Crippen molar-refractivity contribution < 1.29 is 5.11 Å². The van der Waals surface area contributed by atoms with Crippen molar-refractivity contribution >= 4 is 21.8 Å². The van der Waals surface area contributed by atoms with E-state index in [-0.39, 0.29) is 11.2 Å². The first-order valence-corrected chi connectivity index (χ1v) is 12.5. The lowest BCUT2D eigenvalue weighted by atomic mass is 9.86. The van der Waals surface area contributed by atoms with Crippen LogP contribution in [-0.2, 0) is 5.41 Å². The molecule has 0 aliphatic carbocycles. The molecule has 5 heteroatoms. The molecule has 0 spiro atoms. The van der Waals surface area contributed by atoms with Crippen LogP contribution in [0.2, 0.25) is 0 Å². The van der Waals surface area contributed by atoms with Gasteiger partial charge in [0, 0.05) is 22.2 Å². The fourth-order valence-corrected chi connectivity index (χ4v) is 4.46. The lowest BCUT2D eigenvalue weighted by molar-refractivity contribution is 0.475. The molecule has 4 aromatic carbocycles. The minimum atomic E-state index is 0.196. The summed E-state index contributed by atoms with van der Waals surface area (Å²) in [5, 5.41) is 26.1. The second-order valence-electron chi connectivity index (χ2n) is 10.5. The smallest absolute Gasteiger partial charge is 0.115 e. The molecule has 0 radical (unpaired) electrons. The molecular formula is C32H32N4O. The summed E-state index contributed by atoms with van der Waals surface area (Å²) in [6.07, 6.45) is 0. The van der Waals surface area contributed by atoms with E-state index in [4.69, 9.17) is 0 Å². The Labute approximate surface area is 217 Å². The number of rotatable bonds is 2. The van der Waals surface area contributed by atoms with Gasteiger partial charge in [-0.3, -0.25) is 10.2 Å². The fraction of sp³-hybridized carbons (Fsp3) is 0.188. The number of aromatic nitrogens is 4. The van der Waals surface area contributed by atoms with Gasteiger partial charge >= 0.3 is 0 Å². The van der Waals surface area contributed by atoms with Crippen LogP contribution in [0.1, 0.15) is 37.7 Å². The Hall–Kier alpha value is -4.38. The van der Waals surface area contributed by atoms with Gasteiger partial charge in [-0.05, 0) is 77.4 Å². The molecule has 0 atom stereocenters. The average Bonchev–Trinajstić information content (AvgIpc) is 3.46. The molecule has 3 N–H and O–H groups in total. The molecule has 0 amide bonds. The third-order valence-corrected chi connectivity index (χ3v) is 6.78. The lowest BCUT2D eigenvalue weighted by Gasteiger charge is -2.19. The maximum Gasteiger partial charge on any atom is 0.115 e. The quantitative estimate of drug-likeness (QED) is 0.230. The number of benzene rings is 4. The fourth-order valence-electron chi connectivity index (χ4n) is 4.46. The summed E-state index contributed by atoms with van der Waals surface area (Å²) in [7, 11) is 0. The second-order valence-corrected chi connectivity index (χ2v) is 10.5. The minimum Gasteiger partial charge on any atom is -0.508 e. The molecule has 6 aromatic rings. The van der Waals surface area contributed by atoms with E-state index in [1.165, 1.54) is 22.1 Å². The average molecular weight is 489 g/mol. The van der Waals surface area contributed by atoms with E-state index in [2.05, 4.69) is 89.7 Å². The molecule has 0 unspecified atom stereocenters. The van der Waals surface area contributed by atoms with Crippen LogP contribution in [0.25, 0.3) is 44.1 Å². The first-order chi connectivity index (χ1) is 17.7. The van der Waals surface area contributed by atoms with Crippen LogP contribution in [0.3, 0.4) is 0 Å². The molecule has 5 nitrogen and oxygen atoms in total. The van der Waals surface area contributed by atoms with E-state index in [1.54, 1.807) is 12.1 Å². The third-order valence-electron chi connectivity index (χ3n) is 6.78. The van der Waals surface area contributed by atoms with E-state index in [0.717, 1.165) is 38.9 Å². The molecular weight excluding hydrogens is 456 g/mol. The molecule has 0 fully saturated rings. The summed E-state index contributed by atoms with van der Waals surface area (Å²) in [6, 6.07) is 28.6. The number of phenolic OH excluding ortho intramolecular Hbond substituents is 1. The van der Waals surface area contributed by atoms with Crippen molar-refractivity contribution in [1.82, 2.24) is 20.4 Å². The van der Waals surface area contributed by atoms with Gasteiger partial charge in [-0.1, -0.05) is 75.4 Å². The van der Waals surface area contributed by atoms with Gasteiger partial charge in [0.05, 0.1) is 11.0 Å². The zero-order chi connectivity index (χ0) is 26.2. The SMILES string of the molecule is Cc1[nH]nc2cc(-c3ccc(C(C)(C)C)cc3)ccc12.Cc1[nH]nc2ccc(-c3ccc(O)cc3)cc12. The van der Waals surface area contributed by atoms with Gasteiger partial charge in [0.2, 0.25) is 0 Å². The van der Waals surface area contributed by atoms with Crippen LogP contribution in [0, 0.1) is 13.8 Å². The van der Waals surface area contributed by atoms with Crippen molar-refractivity contribution in [2.75, 3.05) is 0 Å². The molecule has 0 aliphatic rings. The molecule has 0 aliphatic heterocycles. The Kier molecular flexibility index (Phi) is 6.30. The summed E-state index contributed by atoms with van der Waals surface area (Å²) < 4.78 is 0. The summed E-state index contributed by atoms with van der Waals surface area (Å²) in [5.74, 6) is 0.286. The predicted octanol–water partition coefficient (Wildman–Crippen LogP) is 8.08. The van der Waals surface area contributed by atoms with E-state index < -0.39 is 0 Å². The van der Waals surface area contributed by atoms with Crippen molar-refractivity contribution in [3.8, 4) is 28.0 Å². The largest absolute Gasteiger partial charge is 0.508 e. The molecule has 186 valence electrons. The maximum atomic E-state index is 9.27. The molecule has 2 aromatic heterocycles. The van der Waals surface area contributed by atoms with Gasteiger partial charge < -0.3 is 5.11 Å². The molecule has 37 heavy (non-hydrogen) atoms. The Morgan fingerprint density at radius 1 is 0.568 bits per heavy atom. The van der Waals surface area contributed by atoms with Crippen LogP contribution in [0.4, 0.5) is 0 Å². The van der Waals surface area contributed by atoms with E-state index in [0.29, 0.717) is 0 Å². The van der Waals surface area contributed by atoms with E-state index >= 15 is 0 Å². The van der Waals surface area contributed by atoms with Crippen molar-refractivity contribution in [3.63, 3.8) is 0 Å². The molecule has 6 rings (SSSR count). The van der Waals surface area contributed by atoms with Crippen LogP contribution in [0.5, 0.6) is 5.75 Å². The number of hydrogen-bond donors (Lipinski definition) is 3. The van der Waals surface area contributed by atoms with E-state index in [1.807, 2.05) is 38.1 Å². The van der Waals surface area contributed by atoms with Crippen LogP contribution >= 0.6 is 0 Å². The van der Waals surface area contributed by atoms with Crippen molar-refractivity contribution in [3.05, 3.63) is 102 Å². The monoisotopic (exact) mass is 488 g/mol. The second kappa shape index (κ2) is 9.58. The molecule has 0 saturated heterocycles. The number of nitrogens with zero attached hydrogens (tertiary/aromatic N) is 2. The number of nitrogens with one attached hydrogen (secondary N) is 2. The topological polar surface area (TPSA) is 77.6 Å². The van der Waals surface area contributed by atoms with Gasteiger partial charge in [0.25, 0.3) is 0 Å². The first kappa shape index (κ1) is 24.3. The zero-order valence-corrected chi connectivity index (χ0v) is 21.9. The summed E-state index contributed by atoms with van der Waals surface area (Å²) in [5.41, 5.74) is 10.4. The predicted molar refractivity (Wildman–Crippen MR) is 153 cm³/mol. The highest BCUT2D eigenvalue weighted by atomic mass is 16.3. The summed E-state index contributed by atoms with van der Waals surface area (Å²) in [4.78, 5) is 0. The standard InChI is InChI=1S/C18H20N2.C14H12N2O/c1-12-16-10-7-14(11-17(16)20-19-12)13-5-8-15(9-6-13)18(2,3)4;1-9-13-8-11(4-7-14(13)16-15-9)10-2-5-12(17)6-3-10/h5-11H,1-4H3,(H,19,20);2-8,17H,1H3,(H,15,16). The van der Waals surface area contributed by atoms with Gasteiger partial charge in [-0.15, -0.1) is 0 Å². The Morgan fingerprint density at radius 3 is 1.73 bits per heavy atom. The van der Waals surface area contributed by atoms with Gasteiger partial charge in [0.1, 0.15) is 5.75 Å². The van der Waals surface area contributed by atoms with Crippen LogP contribution in [0.15, 0.2) is 84.9 Å². The van der Waals surface area contributed by atoms with Crippen molar-refractivity contribution in [1.29, 1.82) is 0 Å². The number of aromatic hydroxyl groups is 1. The molecule has 2 heterocycles. The van der Waals surface area contributed by atoms with E-state index in [9.17, 15) is 5.11 Å². The molecule has 0 saturated carbocycles. The number of aryl methyl sites for hydroxylation is 2. The zero-order valence-electron chi connectivity index (χ0n) is 21.9. The Morgan fingerprint density at radius 2 is 1.08 bits per heavy atom. The van der Waals surface area contributed by atoms with Gasteiger partial charge in [0.15, 0.2) is 0 Å². The summed E-state index contributed by atoms with van der Waals surface area (Å²) >= 11 is 0. The minimum absolute atomic E-state index is 0.196. The maximum absolute atomic E-state index is 9.27. The molecule has 0 bridgehead atoms. The third kappa shape index (κ3) is 5.12. The number of H-pyrrole nitrogens is 2. The Balaban J connectivity index is 0.000000153. The first-order valence-electron chi connectivity index (χ1n) is 12.5. The highest BCUT2D eigenvalue weighted by Crippen LogP contribution is 2.29. The highest BCUT2D eigenvalue weighted by Gasteiger charge is 2.13.